The van der Waals surface area contributed by atoms with Crippen molar-refractivity contribution in [1.29, 1.82) is 0 Å². The lowest BCUT2D eigenvalue weighted by Gasteiger charge is -2.22. The van der Waals surface area contributed by atoms with Gasteiger partial charge < -0.3 is 0 Å². The van der Waals surface area contributed by atoms with Crippen LogP contribution in [0.2, 0.25) is 10.2 Å². The van der Waals surface area contributed by atoms with Gasteiger partial charge in [0.2, 0.25) is 0 Å². The number of aromatic nitrogens is 2. The predicted molar refractivity (Wildman–Crippen MR) is 113 cm³/mol. The van der Waals surface area contributed by atoms with E-state index in [0.29, 0.717) is 20.9 Å². The van der Waals surface area contributed by atoms with Crippen LogP contribution >= 0.6 is 34.5 Å². The monoisotopic (exact) mass is 432 g/mol. The van der Waals surface area contributed by atoms with Crippen LogP contribution in [0.4, 0.5) is 5.13 Å². The molecule has 0 bridgehead atoms. The van der Waals surface area contributed by atoms with Gasteiger partial charge in [-0.15, -0.1) is 11.3 Å². The minimum Gasteiger partial charge on any atom is -0.298 e. The molecule has 1 unspecified atom stereocenters. The third kappa shape index (κ3) is 4.52. The maximum Gasteiger partial charge on any atom is 0.257 e. The molecule has 28 heavy (non-hydrogen) atoms. The molecule has 2 aromatic heterocycles. The SMILES string of the molecule is O=C(Nc1nc(C2CCCN2Cc2ccc(Cl)nc2)cs1)c1cccc(Cl)c1. The molecule has 144 valence electrons. The van der Waals surface area contributed by atoms with Crippen LogP contribution in [0.25, 0.3) is 0 Å². The van der Waals surface area contributed by atoms with E-state index < -0.39 is 0 Å². The quantitative estimate of drug-likeness (QED) is 0.545. The molecule has 8 heteroatoms. The van der Waals surface area contributed by atoms with Crippen molar-refractivity contribution in [1.82, 2.24) is 14.9 Å². The van der Waals surface area contributed by atoms with Gasteiger partial charge in [-0.1, -0.05) is 35.3 Å². The normalized spacial score (nSPS) is 17.0. The average molecular weight is 433 g/mol. The first-order valence-corrected chi connectivity index (χ1v) is 10.6. The first-order chi connectivity index (χ1) is 13.6. The van der Waals surface area contributed by atoms with Gasteiger partial charge in [-0.2, -0.15) is 0 Å². The van der Waals surface area contributed by atoms with E-state index in [1.807, 2.05) is 23.7 Å². The van der Waals surface area contributed by atoms with Crippen molar-refractivity contribution >= 4 is 45.6 Å². The Bertz CT molecular complexity index is 976. The van der Waals surface area contributed by atoms with E-state index >= 15 is 0 Å². The highest BCUT2D eigenvalue weighted by Gasteiger charge is 2.28. The van der Waals surface area contributed by atoms with Gasteiger partial charge in [-0.05, 0) is 49.2 Å². The maximum atomic E-state index is 12.4. The van der Waals surface area contributed by atoms with Gasteiger partial charge in [0.1, 0.15) is 5.15 Å². The van der Waals surface area contributed by atoms with Crippen molar-refractivity contribution in [2.45, 2.75) is 25.4 Å². The highest BCUT2D eigenvalue weighted by atomic mass is 35.5. The third-order valence-electron chi connectivity index (χ3n) is 4.71. The molecule has 1 aromatic carbocycles. The van der Waals surface area contributed by atoms with Crippen molar-refractivity contribution in [2.75, 3.05) is 11.9 Å². The third-order valence-corrected chi connectivity index (χ3v) is 5.94. The summed E-state index contributed by atoms with van der Waals surface area (Å²) in [7, 11) is 0. The molecular weight excluding hydrogens is 415 g/mol. The number of halogens is 2. The molecule has 0 saturated carbocycles. The molecule has 1 N–H and O–H groups in total. The summed E-state index contributed by atoms with van der Waals surface area (Å²) in [5.41, 5.74) is 2.63. The lowest BCUT2D eigenvalue weighted by molar-refractivity contribution is 0.102. The number of amides is 1. The fraction of sp³-hybridized carbons (Fsp3) is 0.250. The molecule has 3 heterocycles. The first kappa shape index (κ1) is 19.3. The van der Waals surface area contributed by atoms with Crippen molar-refractivity contribution in [3.05, 3.63) is 75.0 Å². The summed E-state index contributed by atoms with van der Waals surface area (Å²) in [6.07, 6.45) is 3.98. The number of pyridine rings is 1. The van der Waals surface area contributed by atoms with E-state index in [4.69, 9.17) is 23.2 Å². The van der Waals surface area contributed by atoms with Crippen LogP contribution in [0.1, 0.15) is 40.5 Å². The molecule has 1 aliphatic heterocycles. The number of nitrogens with zero attached hydrogens (tertiary/aromatic N) is 3. The van der Waals surface area contributed by atoms with Crippen LogP contribution in [-0.4, -0.2) is 27.3 Å². The molecule has 0 spiro atoms. The molecular formula is C20H18Cl2N4OS. The molecule has 1 fully saturated rings. The fourth-order valence-electron chi connectivity index (χ4n) is 3.38. The Hall–Kier alpha value is -1.99. The van der Waals surface area contributed by atoms with Crippen molar-refractivity contribution in [3.8, 4) is 0 Å². The lowest BCUT2D eigenvalue weighted by Crippen LogP contribution is -2.23. The summed E-state index contributed by atoms with van der Waals surface area (Å²) in [5.74, 6) is -0.209. The minimum absolute atomic E-state index is 0.209. The Morgan fingerprint density at radius 2 is 2.18 bits per heavy atom. The molecule has 5 nitrogen and oxygen atoms in total. The fourth-order valence-corrected chi connectivity index (χ4v) is 4.43. The molecule has 0 radical (unpaired) electrons. The highest BCUT2D eigenvalue weighted by molar-refractivity contribution is 7.14. The van der Waals surface area contributed by atoms with Gasteiger partial charge in [-0.3, -0.25) is 15.0 Å². The van der Waals surface area contributed by atoms with Crippen molar-refractivity contribution < 1.29 is 4.79 Å². The maximum absolute atomic E-state index is 12.4. The van der Waals surface area contributed by atoms with Gasteiger partial charge in [0, 0.05) is 28.7 Å². The number of anilines is 1. The van der Waals surface area contributed by atoms with Crippen LogP contribution in [0, 0.1) is 0 Å². The summed E-state index contributed by atoms with van der Waals surface area (Å²) in [6, 6.07) is 10.9. The van der Waals surface area contributed by atoms with E-state index in [9.17, 15) is 4.79 Å². The predicted octanol–water partition coefficient (Wildman–Crippen LogP) is 5.43. The molecule has 1 saturated heterocycles. The average Bonchev–Trinajstić information content (AvgIpc) is 3.33. The van der Waals surface area contributed by atoms with Crippen LogP contribution in [0.3, 0.4) is 0 Å². The summed E-state index contributed by atoms with van der Waals surface area (Å²) in [6.45, 7) is 1.81. The van der Waals surface area contributed by atoms with Gasteiger partial charge in [0.25, 0.3) is 5.91 Å². The number of rotatable bonds is 5. The van der Waals surface area contributed by atoms with Crippen LogP contribution in [0.15, 0.2) is 48.0 Å². The topological polar surface area (TPSA) is 58.1 Å². The van der Waals surface area contributed by atoms with E-state index in [1.165, 1.54) is 11.3 Å². The number of likely N-dealkylation sites (tertiary alicyclic amines) is 1. The number of benzene rings is 1. The summed E-state index contributed by atoms with van der Waals surface area (Å²) >= 11 is 13.3. The van der Waals surface area contributed by atoms with Gasteiger partial charge in [0.05, 0.1) is 11.7 Å². The second-order valence-electron chi connectivity index (χ2n) is 6.66. The van der Waals surface area contributed by atoms with Crippen molar-refractivity contribution in [3.63, 3.8) is 0 Å². The number of nitrogens with one attached hydrogen (secondary N) is 1. The van der Waals surface area contributed by atoms with Crippen LogP contribution in [0.5, 0.6) is 0 Å². The number of carbonyl (C=O) groups excluding carboxylic acids is 1. The zero-order valence-electron chi connectivity index (χ0n) is 14.9. The van der Waals surface area contributed by atoms with E-state index in [1.54, 1.807) is 24.3 Å². The minimum atomic E-state index is -0.209. The van der Waals surface area contributed by atoms with Gasteiger partial charge in [-0.25, -0.2) is 9.97 Å². The second kappa shape index (κ2) is 8.57. The number of thiazole rings is 1. The zero-order valence-corrected chi connectivity index (χ0v) is 17.3. The van der Waals surface area contributed by atoms with Crippen LogP contribution in [-0.2, 0) is 6.54 Å². The largest absolute Gasteiger partial charge is 0.298 e. The Balaban J connectivity index is 1.44. The molecule has 4 rings (SSSR count). The van der Waals surface area contributed by atoms with E-state index in [2.05, 4.69) is 20.2 Å². The van der Waals surface area contributed by atoms with Crippen molar-refractivity contribution in [2.24, 2.45) is 0 Å². The molecule has 1 aliphatic rings. The second-order valence-corrected chi connectivity index (χ2v) is 8.34. The van der Waals surface area contributed by atoms with Crippen LogP contribution < -0.4 is 5.32 Å². The standard InChI is InChI=1S/C20H18Cl2N4OS/c21-15-4-1-3-14(9-15)19(27)25-20-24-16(12-28-20)17-5-2-8-26(17)11-13-6-7-18(22)23-10-13/h1,3-4,6-7,9-10,12,17H,2,5,8,11H2,(H,24,25,27). The van der Waals surface area contributed by atoms with E-state index in [0.717, 1.165) is 37.2 Å². The smallest absolute Gasteiger partial charge is 0.257 e. The summed E-state index contributed by atoms with van der Waals surface area (Å²) < 4.78 is 0. The zero-order chi connectivity index (χ0) is 19.5. The summed E-state index contributed by atoms with van der Waals surface area (Å²) in [5, 5.41) is 6.52. The molecule has 3 aromatic rings. The molecule has 1 atom stereocenters. The number of hydrogen-bond acceptors (Lipinski definition) is 5. The number of hydrogen-bond donors (Lipinski definition) is 1. The Kier molecular flexibility index (Phi) is 5.92. The molecule has 1 amide bonds. The first-order valence-electron chi connectivity index (χ1n) is 8.95. The molecule has 0 aliphatic carbocycles. The Morgan fingerprint density at radius 3 is 2.96 bits per heavy atom. The Morgan fingerprint density at radius 1 is 1.29 bits per heavy atom. The Labute approximate surface area is 177 Å². The number of carbonyl (C=O) groups is 1. The lowest BCUT2D eigenvalue weighted by atomic mass is 10.1. The van der Waals surface area contributed by atoms with Gasteiger partial charge >= 0.3 is 0 Å². The highest BCUT2D eigenvalue weighted by Crippen LogP contribution is 2.34. The summed E-state index contributed by atoms with van der Waals surface area (Å²) in [4.78, 5) is 23.6. The van der Waals surface area contributed by atoms with E-state index in [-0.39, 0.29) is 11.9 Å². The van der Waals surface area contributed by atoms with Gasteiger partial charge in [0.15, 0.2) is 5.13 Å².